The number of pyridine rings is 1. The fraction of sp³-hybridized carbons (Fsp3) is 0.143. The van der Waals surface area contributed by atoms with Gasteiger partial charge >= 0.3 is 0 Å². The lowest BCUT2D eigenvalue weighted by Crippen LogP contribution is -2.43. The van der Waals surface area contributed by atoms with Crippen molar-refractivity contribution < 1.29 is 4.79 Å². The molecule has 1 aliphatic heterocycles. The second kappa shape index (κ2) is 6.39. The van der Waals surface area contributed by atoms with Gasteiger partial charge < -0.3 is 5.32 Å². The van der Waals surface area contributed by atoms with Crippen LogP contribution in [0, 0.1) is 28.6 Å². The van der Waals surface area contributed by atoms with E-state index in [0.29, 0.717) is 22.0 Å². The molecule has 1 aliphatic rings. The fourth-order valence-electron chi connectivity index (χ4n) is 3.66. The number of hydrogen-bond acceptors (Lipinski definition) is 4. The molecule has 0 fully saturated rings. The van der Waals surface area contributed by atoms with Crippen LogP contribution in [0.2, 0.25) is 5.02 Å². The molecule has 1 aromatic heterocycles. The average molecular weight is 373 g/mol. The van der Waals surface area contributed by atoms with Crippen LogP contribution in [-0.2, 0) is 16.6 Å². The molecule has 6 heteroatoms. The molecule has 130 valence electrons. The van der Waals surface area contributed by atoms with Gasteiger partial charge in [0.1, 0.15) is 5.41 Å². The van der Waals surface area contributed by atoms with E-state index in [9.17, 15) is 15.3 Å². The van der Waals surface area contributed by atoms with Gasteiger partial charge in [-0.05, 0) is 35.9 Å². The molecule has 5 nitrogen and oxygen atoms in total. The number of hydrogen-bond donors (Lipinski definition) is 1. The number of fused-ring (bicyclic) bond motifs is 2. The molecule has 3 aromatic rings. The first-order valence-corrected chi connectivity index (χ1v) is 8.71. The summed E-state index contributed by atoms with van der Waals surface area (Å²) in [6.45, 7) is 0. The number of benzene rings is 2. The topological polar surface area (TPSA) is 89.6 Å². The van der Waals surface area contributed by atoms with E-state index >= 15 is 0 Å². The molecule has 0 radical (unpaired) electrons. The number of para-hydroxylation sites is 1. The largest absolute Gasteiger partial charge is 0.325 e. The molecule has 2 heterocycles. The van der Waals surface area contributed by atoms with Gasteiger partial charge in [-0.25, -0.2) is 0 Å². The molecule has 27 heavy (non-hydrogen) atoms. The smallest absolute Gasteiger partial charge is 0.237 e. The van der Waals surface area contributed by atoms with E-state index in [0.717, 1.165) is 10.9 Å². The van der Waals surface area contributed by atoms with Crippen molar-refractivity contribution in [1.82, 2.24) is 4.98 Å². The van der Waals surface area contributed by atoms with Crippen LogP contribution >= 0.6 is 11.6 Å². The monoisotopic (exact) mass is 372 g/mol. The SMILES string of the molecule is N#CC(C#N)C1(Cc2ccc3ccccc3n2)C(=O)Nc2ccc(Cl)cc21. The summed E-state index contributed by atoms with van der Waals surface area (Å²) in [7, 11) is 0. The van der Waals surface area contributed by atoms with Gasteiger partial charge in [0.2, 0.25) is 5.91 Å². The van der Waals surface area contributed by atoms with E-state index in [4.69, 9.17) is 11.6 Å². The number of aromatic nitrogens is 1. The summed E-state index contributed by atoms with van der Waals surface area (Å²) in [4.78, 5) is 17.6. The first-order chi connectivity index (χ1) is 13.1. The van der Waals surface area contributed by atoms with Gasteiger partial charge in [-0.2, -0.15) is 10.5 Å². The normalized spacial score (nSPS) is 18.0. The van der Waals surface area contributed by atoms with Crippen molar-refractivity contribution in [3.8, 4) is 12.1 Å². The van der Waals surface area contributed by atoms with Crippen molar-refractivity contribution in [2.24, 2.45) is 5.92 Å². The molecule has 2 aromatic carbocycles. The molecule has 0 aliphatic carbocycles. The molecule has 1 atom stereocenters. The van der Waals surface area contributed by atoms with Crippen molar-refractivity contribution >= 4 is 34.1 Å². The van der Waals surface area contributed by atoms with Gasteiger partial charge in [0.15, 0.2) is 5.92 Å². The van der Waals surface area contributed by atoms with Gasteiger partial charge in [-0.3, -0.25) is 9.78 Å². The molecular formula is C21H13ClN4O. The highest BCUT2D eigenvalue weighted by Crippen LogP contribution is 2.46. The maximum atomic E-state index is 13.0. The number of nitrogens with one attached hydrogen (secondary N) is 1. The summed E-state index contributed by atoms with van der Waals surface area (Å²) in [5, 5.41) is 23.4. The maximum Gasteiger partial charge on any atom is 0.237 e. The zero-order chi connectivity index (χ0) is 19.0. The number of nitriles is 2. The van der Waals surface area contributed by atoms with Crippen molar-refractivity contribution in [3.63, 3.8) is 0 Å². The van der Waals surface area contributed by atoms with Gasteiger partial charge in [-0.15, -0.1) is 0 Å². The fourth-order valence-corrected chi connectivity index (χ4v) is 3.83. The lowest BCUT2D eigenvalue weighted by atomic mass is 9.69. The Balaban J connectivity index is 1.90. The standard InChI is InChI=1S/C21H13ClN4O/c22-15-6-8-19-17(9-15)21(20(27)26-19,14(11-23)12-24)10-16-7-5-13-3-1-2-4-18(13)25-16/h1-9,14H,10H2,(H,26,27). The number of carbonyl (C=O) groups excluding carboxylic acids is 1. The number of rotatable bonds is 3. The lowest BCUT2D eigenvalue weighted by Gasteiger charge is -2.28. The van der Waals surface area contributed by atoms with Crippen LogP contribution in [0.25, 0.3) is 10.9 Å². The van der Waals surface area contributed by atoms with Crippen LogP contribution in [0.4, 0.5) is 5.69 Å². The average Bonchev–Trinajstić information content (AvgIpc) is 2.95. The van der Waals surface area contributed by atoms with Gasteiger partial charge in [0, 0.05) is 28.2 Å². The third kappa shape index (κ3) is 2.61. The number of amides is 1. The van der Waals surface area contributed by atoms with Gasteiger partial charge in [0.05, 0.1) is 17.7 Å². The summed E-state index contributed by atoms with van der Waals surface area (Å²) in [6.07, 6.45) is 0.128. The second-order valence-corrected chi connectivity index (χ2v) is 6.92. The first kappa shape index (κ1) is 17.0. The molecule has 0 saturated carbocycles. The Morgan fingerprint density at radius 2 is 1.89 bits per heavy atom. The van der Waals surface area contributed by atoms with Crippen molar-refractivity contribution in [2.75, 3.05) is 5.32 Å². The van der Waals surface area contributed by atoms with Crippen molar-refractivity contribution in [2.45, 2.75) is 11.8 Å². The number of nitrogens with zero attached hydrogens (tertiary/aromatic N) is 3. The quantitative estimate of drug-likeness (QED) is 0.752. The second-order valence-electron chi connectivity index (χ2n) is 6.48. The summed E-state index contributed by atoms with van der Waals surface area (Å²) in [6, 6.07) is 20.4. The maximum absolute atomic E-state index is 13.0. The number of halogens is 1. The van der Waals surface area contributed by atoms with E-state index in [1.54, 1.807) is 18.2 Å². The Morgan fingerprint density at radius 1 is 1.11 bits per heavy atom. The summed E-state index contributed by atoms with van der Waals surface area (Å²) in [5.74, 6) is -1.56. The summed E-state index contributed by atoms with van der Waals surface area (Å²) in [5.41, 5.74) is 1.19. The molecule has 0 spiro atoms. The van der Waals surface area contributed by atoms with Crippen LogP contribution in [-0.4, -0.2) is 10.9 Å². The Hall–Kier alpha value is -3.41. The van der Waals surface area contributed by atoms with Crippen LogP contribution < -0.4 is 5.32 Å². The first-order valence-electron chi connectivity index (χ1n) is 8.34. The number of carbonyl (C=O) groups is 1. The molecule has 0 saturated heterocycles. The third-order valence-electron chi connectivity index (χ3n) is 4.98. The van der Waals surface area contributed by atoms with Gasteiger partial charge in [0.25, 0.3) is 0 Å². The molecule has 1 amide bonds. The van der Waals surface area contributed by atoms with E-state index in [1.807, 2.05) is 48.5 Å². The molecule has 1 N–H and O–H groups in total. The zero-order valence-corrected chi connectivity index (χ0v) is 14.9. The molecule has 0 bridgehead atoms. The number of anilines is 1. The summed E-state index contributed by atoms with van der Waals surface area (Å²) < 4.78 is 0. The summed E-state index contributed by atoms with van der Waals surface area (Å²) >= 11 is 6.15. The molecule has 4 rings (SSSR count). The zero-order valence-electron chi connectivity index (χ0n) is 14.1. The highest BCUT2D eigenvalue weighted by Gasteiger charge is 2.53. The van der Waals surface area contributed by atoms with Crippen molar-refractivity contribution in [3.05, 3.63) is 70.9 Å². The van der Waals surface area contributed by atoms with Crippen molar-refractivity contribution in [1.29, 1.82) is 10.5 Å². The Kier molecular flexibility index (Phi) is 4.03. The van der Waals surface area contributed by atoms with E-state index in [1.165, 1.54) is 0 Å². The minimum Gasteiger partial charge on any atom is -0.325 e. The minimum absolute atomic E-state index is 0.128. The molecular weight excluding hydrogens is 360 g/mol. The van der Waals surface area contributed by atoms with Crippen LogP contribution in [0.15, 0.2) is 54.6 Å². The minimum atomic E-state index is -1.36. The Morgan fingerprint density at radius 3 is 2.67 bits per heavy atom. The highest BCUT2D eigenvalue weighted by molar-refractivity contribution is 6.31. The Bertz CT molecular complexity index is 1150. The van der Waals surface area contributed by atoms with Crippen LogP contribution in [0.5, 0.6) is 0 Å². The lowest BCUT2D eigenvalue weighted by molar-refractivity contribution is -0.121. The van der Waals surface area contributed by atoms with Crippen LogP contribution in [0.1, 0.15) is 11.3 Å². The molecule has 1 unspecified atom stereocenters. The van der Waals surface area contributed by atoms with E-state index in [2.05, 4.69) is 10.3 Å². The highest BCUT2D eigenvalue weighted by atomic mass is 35.5. The van der Waals surface area contributed by atoms with E-state index < -0.39 is 11.3 Å². The predicted molar refractivity (Wildman–Crippen MR) is 102 cm³/mol. The predicted octanol–water partition coefficient (Wildman–Crippen LogP) is 3.98. The van der Waals surface area contributed by atoms with Gasteiger partial charge in [-0.1, -0.05) is 35.9 Å². The van der Waals surface area contributed by atoms with Crippen LogP contribution in [0.3, 0.4) is 0 Å². The van der Waals surface area contributed by atoms with E-state index in [-0.39, 0.29) is 12.3 Å². The Labute approximate surface area is 160 Å². The third-order valence-corrected chi connectivity index (χ3v) is 5.22.